The normalized spacial score (nSPS) is 9.51. The topological polar surface area (TPSA) is 179 Å². The largest absolute Gasteiger partial charge is 1.00 e. The smallest absolute Gasteiger partial charge is 0.548 e. The maximum Gasteiger partial charge on any atom is 1.00 e. The predicted molar refractivity (Wildman–Crippen MR) is 111 cm³/mol. The molecule has 0 unspecified atom stereocenters. The van der Waals surface area contributed by atoms with E-state index in [0.29, 0.717) is 6.42 Å². The van der Waals surface area contributed by atoms with Crippen molar-refractivity contribution in [2.75, 3.05) is 26.4 Å². The van der Waals surface area contributed by atoms with Crippen molar-refractivity contribution in [2.45, 2.75) is 84.0 Å². The monoisotopic (exact) mass is 522 g/mol. The number of carboxylic acids is 3. The first-order valence-corrected chi connectivity index (χ1v) is 11.2. The fraction of sp³-hybridized carbons (Fsp3) is 0.773. The second-order valence-electron chi connectivity index (χ2n) is 7.25. The van der Waals surface area contributed by atoms with Gasteiger partial charge in [0, 0.05) is 6.42 Å². The zero-order valence-corrected chi connectivity index (χ0v) is 25.3. The van der Waals surface area contributed by atoms with Crippen LogP contribution in [0.3, 0.4) is 0 Å². The average molecular weight is 522 g/mol. The van der Waals surface area contributed by atoms with Gasteiger partial charge < -0.3 is 39.1 Å². The molecule has 0 aromatic carbocycles. The van der Waals surface area contributed by atoms with Gasteiger partial charge >= 0.3 is 77.0 Å². The summed E-state index contributed by atoms with van der Waals surface area (Å²) in [7, 11) is 0. The number of esters is 2. The van der Waals surface area contributed by atoms with Gasteiger partial charge in [0.15, 0.2) is 0 Å². The number of ether oxygens (including phenoxy) is 3. The Morgan fingerprint density at radius 1 is 0.600 bits per heavy atom. The number of unbranched alkanes of at least 4 members (excludes halogenated alkanes) is 10. The molecule has 13 heteroatoms. The Balaban J connectivity index is -0.000000372. The van der Waals surface area contributed by atoms with Crippen molar-refractivity contribution in [3.8, 4) is 0 Å². The van der Waals surface area contributed by atoms with Crippen molar-refractivity contribution >= 4 is 29.8 Å². The van der Waals surface area contributed by atoms with Crippen molar-refractivity contribution in [3.63, 3.8) is 0 Å². The van der Waals surface area contributed by atoms with E-state index in [1.165, 1.54) is 51.4 Å². The van der Waals surface area contributed by atoms with Gasteiger partial charge in [-0.2, -0.15) is 0 Å². The number of carbonyl (C=O) groups is 5. The first-order chi connectivity index (χ1) is 15.7. The molecule has 0 aromatic heterocycles. The molecule has 0 saturated carbocycles. The van der Waals surface area contributed by atoms with E-state index in [2.05, 4.69) is 21.1 Å². The Labute approximate surface area is 251 Å². The zero-order valence-electron chi connectivity index (χ0n) is 21.3. The fourth-order valence-corrected chi connectivity index (χ4v) is 2.58. The van der Waals surface area contributed by atoms with Crippen LogP contribution in [0.2, 0.25) is 0 Å². The van der Waals surface area contributed by atoms with Crippen molar-refractivity contribution in [1.82, 2.24) is 0 Å². The Bertz CT molecular complexity index is 558. The number of rotatable bonds is 20. The third kappa shape index (κ3) is 40.9. The Kier molecular flexibility index (Phi) is 37.4. The van der Waals surface area contributed by atoms with Crippen LogP contribution in [0.5, 0.6) is 0 Å². The molecular weight excluding hydrogens is 486 g/mol. The molecule has 11 nitrogen and oxygen atoms in total. The molecule has 0 rings (SSSR count). The van der Waals surface area contributed by atoms with E-state index in [1.807, 2.05) is 0 Å². The minimum absolute atomic E-state index is 0. The maximum atomic E-state index is 11.4. The Morgan fingerprint density at radius 2 is 1.00 bits per heavy atom. The third-order valence-corrected chi connectivity index (χ3v) is 4.10. The molecule has 35 heavy (non-hydrogen) atoms. The van der Waals surface area contributed by atoms with E-state index in [4.69, 9.17) is 5.11 Å². The molecular formula is C22H36Na2O11. The summed E-state index contributed by atoms with van der Waals surface area (Å²) in [6, 6.07) is 0. The van der Waals surface area contributed by atoms with Gasteiger partial charge in [-0.1, -0.05) is 71.1 Å². The van der Waals surface area contributed by atoms with Crippen LogP contribution in [-0.4, -0.2) is 61.4 Å². The fourth-order valence-electron chi connectivity index (χ4n) is 2.58. The molecule has 192 valence electrons. The summed E-state index contributed by atoms with van der Waals surface area (Å²) >= 11 is 0. The number of hydrogen-bond donors (Lipinski definition) is 1. The summed E-state index contributed by atoms with van der Waals surface area (Å²) < 4.78 is 13.1. The second-order valence-corrected chi connectivity index (χ2v) is 7.25. The van der Waals surface area contributed by atoms with Gasteiger partial charge in [0.25, 0.3) is 0 Å². The van der Waals surface area contributed by atoms with Gasteiger partial charge in [0.1, 0.15) is 13.2 Å². The Morgan fingerprint density at radius 3 is 1.40 bits per heavy atom. The van der Waals surface area contributed by atoms with Crippen molar-refractivity contribution in [1.29, 1.82) is 0 Å². The SMILES string of the molecule is CCCCCCCCCCCCCC(=O)OC(=O)COCC(=O)[O-].O=C([O-])COCC(=O)O.[Na+].[Na+]. The summed E-state index contributed by atoms with van der Waals surface area (Å²) in [6.45, 7) is -0.309. The molecule has 0 aliphatic carbocycles. The molecule has 0 fully saturated rings. The van der Waals surface area contributed by atoms with Gasteiger partial charge in [0.2, 0.25) is 0 Å². The van der Waals surface area contributed by atoms with Gasteiger partial charge in [-0.25, -0.2) is 9.59 Å². The molecule has 0 spiro atoms. The summed E-state index contributed by atoms with van der Waals surface area (Å²) in [5.74, 6) is -5.50. The quantitative estimate of drug-likeness (QED) is 0.0697. The second kappa shape index (κ2) is 31.5. The van der Waals surface area contributed by atoms with E-state index >= 15 is 0 Å². The predicted octanol–water partition coefficient (Wildman–Crippen LogP) is -5.63. The van der Waals surface area contributed by atoms with E-state index in [1.54, 1.807) is 0 Å². The van der Waals surface area contributed by atoms with E-state index in [-0.39, 0.29) is 65.5 Å². The van der Waals surface area contributed by atoms with Crippen LogP contribution in [0, 0.1) is 0 Å². The van der Waals surface area contributed by atoms with Crippen LogP contribution in [0.4, 0.5) is 0 Å². The maximum absolute atomic E-state index is 11.4. The minimum Gasteiger partial charge on any atom is -0.548 e. The van der Waals surface area contributed by atoms with Crippen LogP contribution < -0.4 is 69.3 Å². The van der Waals surface area contributed by atoms with Crippen LogP contribution in [-0.2, 0) is 38.2 Å². The molecule has 0 bridgehead atoms. The van der Waals surface area contributed by atoms with Crippen LogP contribution >= 0.6 is 0 Å². The summed E-state index contributed by atoms with van der Waals surface area (Å²) in [5.41, 5.74) is 0. The molecule has 0 aliphatic rings. The van der Waals surface area contributed by atoms with Crippen LogP contribution in [0.15, 0.2) is 0 Å². The molecule has 0 atom stereocenters. The van der Waals surface area contributed by atoms with Crippen molar-refractivity contribution in [3.05, 3.63) is 0 Å². The summed E-state index contributed by atoms with van der Waals surface area (Å²) in [4.78, 5) is 51.8. The zero-order chi connectivity index (χ0) is 25.3. The first-order valence-electron chi connectivity index (χ1n) is 11.2. The molecule has 0 heterocycles. The van der Waals surface area contributed by atoms with Gasteiger partial charge in [-0.3, -0.25) is 4.79 Å². The Hall–Kier alpha value is -0.530. The molecule has 0 amide bonds. The van der Waals surface area contributed by atoms with Crippen LogP contribution in [0.1, 0.15) is 84.0 Å². The van der Waals surface area contributed by atoms with Gasteiger partial charge in [-0.05, 0) is 6.42 Å². The summed E-state index contributed by atoms with van der Waals surface area (Å²) in [5, 5.41) is 27.5. The number of aliphatic carboxylic acids is 3. The summed E-state index contributed by atoms with van der Waals surface area (Å²) in [6.07, 6.45) is 13.2. The molecule has 0 aromatic rings. The van der Waals surface area contributed by atoms with Crippen LogP contribution in [0.25, 0.3) is 0 Å². The van der Waals surface area contributed by atoms with Crippen molar-refractivity contribution in [2.24, 2.45) is 0 Å². The minimum atomic E-state index is -1.42. The standard InChI is InChI=1S/C18H32O6.C4H6O5.2Na/c1-2-3-4-5-6-7-8-9-10-11-12-13-17(21)24-18(22)15-23-14-16(19)20;5-3(6)1-9-2-4(7)8;;/h2-15H2,1H3,(H,19,20);1-2H2,(H,5,6)(H,7,8);;/q;;2*+1/p-2. The molecule has 1 N–H and O–H groups in total. The first kappa shape index (κ1) is 41.6. The number of carbonyl (C=O) groups excluding carboxylic acids is 4. The van der Waals surface area contributed by atoms with Crippen molar-refractivity contribution < 1.29 is 113 Å². The molecule has 0 radical (unpaired) electrons. The van der Waals surface area contributed by atoms with Gasteiger partial charge in [-0.15, -0.1) is 0 Å². The number of carboxylic acid groups (broad SMARTS) is 3. The van der Waals surface area contributed by atoms with E-state index in [0.717, 1.165) is 12.8 Å². The third-order valence-electron chi connectivity index (χ3n) is 4.10. The molecule has 0 saturated heterocycles. The average Bonchev–Trinajstić information content (AvgIpc) is 2.71. The number of hydrogen-bond acceptors (Lipinski definition) is 10. The van der Waals surface area contributed by atoms with E-state index in [9.17, 15) is 34.2 Å². The van der Waals surface area contributed by atoms with E-state index < -0.39 is 56.3 Å². The molecule has 0 aliphatic heterocycles. The van der Waals surface area contributed by atoms with Gasteiger partial charge in [0.05, 0.1) is 25.2 Å².